The van der Waals surface area contributed by atoms with Crippen LogP contribution in [0.4, 0.5) is 0 Å². The van der Waals surface area contributed by atoms with E-state index in [-0.39, 0.29) is 29.6 Å². The Morgan fingerprint density at radius 3 is 2.05 bits per heavy atom. The number of hydrogen-bond donors (Lipinski definition) is 0. The quantitative estimate of drug-likeness (QED) is 0.709. The van der Waals surface area contributed by atoms with Crippen LogP contribution in [0.5, 0.6) is 0 Å². The van der Waals surface area contributed by atoms with Crippen molar-refractivity contribution >= 4 is 40.3 Å². The second-order valence-electron chi connectivity index (χ2n) is 6.12. The van der Waals surface area contributed by atoms with Gasteiger partial charge in [-0.1, -0.05) is 64.1 Å². The van der Waals surface area contributed by atoms with Gasteiger partial charge >= 0.3 is 29.6 Å². The van der Waals surface area contributed by atoms with E-state index >= 15 is 0 Å². The third kappa shape index (κ3) is 4.34. The van der Waals surface area contributed by atoms with Crippen molar-refractivity contribution in [1.29, 1.82) is 0 Å². The van der Waals surface area contributed by atoms with Gasteiger partial charge in [-0.25, -0.2) is 0 Å². The molecule has 0 aliphatic rings. The van der Waals surface area contributed by atoms with Gasteiger partial charge in [-0.3, -0.25) is 0 Å². The van der Waals surface area contributed by atoms with Crippen molar-refractivity contribution in [2.75, 3.05) is 0 Å². The molecule has 2 aromatic rings. The Morgan fingerprint density at radius 1 is 0.789 bits per heavy atom. The third-order valence-electron chi connectivity index (χ3n) is 3.38. The molecule has 0 bridgehead atoms. The van der Waals surface area contributed by atoms with Crippen LogP contribution in [-0.2, 0) is 12.8 Å². The molecule has 98 valence electrons. The molecule has 0 radical (unpaired) electrons. The normalized spacial score (nSPS) is 11.1. The Kier molecular flexibility index (Phi) is 6.59. The molecule has 0 aliphatic heterocycles. The van der Waals surface area contributed by atoms with Crippen LogP contribution in [0.3, 0.4) is 0 Å². The minimum absolute atomic E-state index is 0. The average Bonchev–Trinajstić information content (AvgIpc) is 2.31. The van der Waals surface area contributed by atoms with E-state index in [1.165, 1.54) is 29.2 Å². The van der Waals surface area contributed by atoms with E-state index in [0.717, 1.165) is 5.92 Å². The van der Waals surface area contributed by atoms with Crippen LogP contribution in [0.25, 0.3) is 10.8 Å². The average molecular weight is 264 g/mol. The second kappa shape index (κ2) is 7.47. The zero-order valence-electron chi connectivity index (χ0n) is 12.0. The Hall–Kier alpha value is -0.300. The molecule has 0 heterocycles. The predicted molar refractivity (Wildman–Crippen MR) is 88.2 cm³/mol. The van der Waals surface area contributed by atoms with E-state index in [2.05, 4.69) is 64.1 Å². The summed E-state index contributed by atoms with van der Waals surface area (Å²) in [6, 6.07) is 13.4. The van der Waals surface area contributed by atoms with Gasteiger partial charge in [-0.05, 0) is 46.6 Å². The number of hydrogen-bond acceptors (Lipinski definition) is 0. The summed E-state index contributed by atoms with van der Waals surface area (Å²) < 4.78 is 0. The van der Waals surface area contributed by atoms with Gasteiger partial charge in [0.25, 0.3) is 0 Å². The Labute approximate surface area is 139 Å². The molecule has 0 fully saturated rings. The van der Waals surface area contributed by atoms with Crippen molar-refractivity contribution in [3.05, 3.63) is 47.5 Å². The molecule has 0 atom stereocenters. The van der Waals surface area contributed by atoms with Crippen LogP contribution in [-0.4, -0.2) is 29.6 Å². The van der Waals surface area contributed by atoms with E-state index in [1.807, 2.05) is 0 Å². The van der Waals surface area contributed by atoms with Gasteiger partial charge in [-0.2, -0.15) is 0 Å². The monoisotopic (exact) mass is 264 g/mol. The van der Waals surface area contributed by atoms with Crippen molar-refractivity contribution in [1.82, 2.24) is 0 Å². The van der Waals surface area contributed by atoms with Gasteiger partial charge in [-0.15, -0.1) is 0 Å². The van der Waals surface area contributed by atoms with E-state index in [0.29, 0.717) is 5.92 Å². The fourth-order valence-electron chi connectivity index (χ4n) is 2.66. The predicted octanol–water partition coefficient (Wildman–Crippen LogP) is 4.59. The fraction of sp³-hybridized carbons (Fsp3) is 0.444. The molecular formula is C18H25Na. The Bertz CT molecular complexity index is 526. The first-order valence-corrected chi connectivity index (χ1v) is 7.07. The van der Waals surface area contributed by atoms with Gasteiger partial charge in [0.15, 0.2) is 0 Å². The number of fused-ring (bicyclic) bond motifs is 1. The first kappa shape index (κ1) is 16.8. The molecule has 0 aromatic heterocycles. The first-order valence-electron chi connectivity index (χ1n) is 7.07. The van der Waals surface area contributed by atoms with Crippen LogP contribution in [0.2, 0.25) is 0 Å². The molecule has 0 N–H and O–H groups in total. The van der Waals surface area contributed by atoms with Gasteiger partial charge < -0.3 is 0 Å². The topological polar surface area (TPSA) is 0 Å². The second-order valence-corrected chi connectivity index (χ2v) is 6.12. The minimum atomic E-state index is 0. The Balaban J connectivity index is 0.00000180. The summed E-state index contributed by atoms with van der Waals surface area (Å²) in [5.41, 5.74) is 3.11. The molecule has 0 unspecified atom stereocenters. The summed E-state index contributed by atoms with van der Waals surface area (Å²) >= 11 is 0. The summed E-state index contributed by atoms with van der Waals surface area (Å²) in [5.74, 6) is 1.43. The van der Waals surface area contributed by atoms with Crippen molar-refractivity contribution < 1.29 is 0 Å². The molecule has 19 heavy (non-hydrogen) atoms. The standard InChI is InChI=1S/C18H24.Na.H/c1-13(2)11-16-10-9-15-7-5-6-8-17(15)18(16)12-14(3)4;;/h5-10,13-14H,11-12H2,1-4H3;;. The van der Waals surface area contributed by atoms with Gasteiger partial charge in [0.05, 0.1) is 0 Å². The zero-order valence-corrected chi connectivity index (χ0v) is 12.0. The summed E-state index contributed by atoms with van der Waals surface area (Å²) in [5, 5.41) is 2.82. The summed E-state index contributed by atoms with van der Waals surface area (Å²) in [6.45, 7) is 9.21. The summed E-state index contributed by atoms with van der Waals surface area (Å²) in [7, 11) is 0. The molecule has 0 amide bonds. The SMILES string of the molecule is CC(C)Cc1ccc2ccccc2c1CC(C)C.[NaH]. The van der Waals surface area contributed by atoms with Crippen LogP contribution < -0.4 is 0 Å². The molecular weight excluding hydrogens is 239 g/mol. The first-order chi connectivity index (χ1) is 8.58. The zero-order chi connectivity index (χ0) is 13.1. The molecule has 2 aromatic carbocycles. The van der Waals surface area contributed by atoms with Crippen LogP contribution in [0, 0.1) is 11.8 Å². The van der Waals surface area contributed by atoms with Crippen LogP contribution in [0.15, 0.2) is 36.4 Å². The van der Waals surface area contributed by atoms with Crippen molar-refractivity contribution in [3.8, 4) is 0 Å². The molecule has 0 saturated carbocycles. The van der Waals surface area contributed by atoms with E-state index < -0.39 is 0 Å². The Morgan fingerprint density at radius 2 is 1.42 bits per heavy atom. The van der Waals surface area contributed by atoms with E-state index in [1.54, 1.807) is 5.56 Å². The third-order valence-corrected chi connectivity index (χ3v) is 3.38. The summed E-state index contributed by atoms with van der Waals surface area (Å²) in [4.78, 5) is 0. The van der Waals surface area contributed by atoms with E-state index in [9.17, 15) is 0 Å². The van der Waals surface area contributed by atoms with Gasteiger partial charge in [0, 0.05) is 0 Å². The number of rotatable bonds is 4. The molecule has 0 saturated heterocycles. The maximum atomic E-state index is 2.33. The van der Waals surface area contributed by atoms with Crippen molar-refractivity contribution in [2.45, 2.75) is 40.5 Å². The van der Waals surface area contributed by atoms with Crippen molar-refractivity contribution in [3.63, 3.8) is 0 Å². The molecule has 0 aliphatic carbocycles. The van der Waals surface area contributed by atoms with Crippen LogP contribution in [0.1, 0.15) is 38.8 Å². The maximum absolute atomic E-state index is 2.33. The molecule has 0 spiro atoms. The molecule has 1 heteroatoms. The van der Waals surface area contributed by atoms with Crippen LogP contribution >= 0.6 is 0 Å². The molecule has 2 rings (SSSR count). The summed E-state index contributed by atoms with van der Waals surface area (Å²) in [6.07, 6.45) is 2.37. The molecule has 0 nitrogen and oxygen atoms in total. The van der Waals surface area contributed by atoms with Gasteiger partial charge in [0.1, 0.15) is 0 Å². The van der Waals surface area contributed by atoms with Crippen molar-refractivity contribution in [2.24, 2.45) is 11.8 Å². The van der Waals surface area contributed by atoms with E-state index in [4.69, 9.17) is 0 Å². The fourth-order valence-corrected chi connectivity index (χ4v) is 2.66. The number of benzene rings is 2. The van der Waals surface area contributed by atoms with Gasteiger partial charge in [0.2, 0.25) is 0 Å².